The number of halogens is 2. The molecule has 2 aromatic rings. The molecule has 1 heterocycles. The second kappa shape index (κ2) is 8.97. The second-order valence-corrected chi connectivity index (χ2v) is 8.31. The van der Waals surface area contributed by atoms with Gasteiger partial charge < -0.3 is 15.0 Å². The van der Waals surface area contributed by atoms with Crippen LogP contribution in [0, 0.1) is 19.8 Å². The minimum Gasteiger partial charge on any atom is -0.455 e. The van der Waals surface area contributed by atoms with Crippen LogP contribution >= 0.6 is 27.5 Å². The lowest BCUT2D eigenvalue weighted by Crippen LogP contribution is -2.28. The van der Waals surface area contributed by atoms with E-state index >= 15 is 0 Å². The summed E-state index contributed by atoms with van der Waals surface area (Å²) >= 11 is 9.39. The molecule has 1 saturated heterocycles. The molecule has 8 heteroatoms. The van der Waals surface area contributed by atoms with Crippen molar-refractivity contribution >= 4 is 56.7 Å². The van der Waals surface area contributed by atoms with Crippen molar-refractivity contribution in [3.63, 3.8) is 0 Å². The topological polar surface area (TPSA) is 75.7 Å². The maximum Gasteiger partial charge on any atom is 0.311 e. The maximum atomic E-state index is 12.4. The van der Waals surface area contributed by atoms with E-state index < -0.39 is 24.4 Å². The Morgan fingerprint density at radius 2 is 1.93 bits per heavy atom. The molecule has 3 rings (SSSR count). The zero-order valence-corrected chi connectivity index (χ0v) is 18.3. The number of ether oxygens (including phenoxy) is 1. The summed E-state index contributed by atoms with van der Waals surface area (Å²) in [7, 11) is 0. The quantitative estimate of drug-likeness (QED) is 0.651. The Hall–Kier alpha value is -2.38. The predicted molar refractivity (Wildman–Crippen MR) is 115 cm³/mol. The third kappa shape index (κ3) is 5.16. The van der Waals surface area contributed by atoms with Crippen molar-refractivity contribution in [1.29, 1.82) is 0 Å². The molecule has 1 aliphatic heterocycles. The van der Waals surface area contributed by atoms with Crippen LogP contribution < -0.4 is 10.2 Å². The monoisotopic (exact) mass is 478 g/mol. The van der Waals surface area contributed by atoms with Crippen LogP contribution in [0.15, 0.2) is 40.9 Å². The zero-order valence-electron chi connectivity index (χ0n) is 16.0. The number of rotatable bonds is 5. The molecule has 2 amide bonds. The van der Waals surface area contributed by atoms with Crippen LogP contribution in [0.2, 0.25) is 5.02 Å². The van der Waals surface area contributed by atoms with Crippen LogP contribution in [0.25, 0.3) is 0 Å². The molecule has 29 heavy (non-hydrogen) atoms. The van der Waals surface area contributed by atoms with Crippen LogP contribution in [0.5, 0.6) is 0 Å². The lowest BCUT2D eigenvalue weighted by Gasteiger charge is -2.17. The highest BCUT2D eigenvalue weighted by molar-refractivity contribution is 9.10. The van der Waals surface area contributed by atoms with E-state index in [-0.39, 0.29) is 18.9 Å². The Morgan fingerprint density at radius 1 is 1.24 bits per heavy atom. The van der Waals surface area contributed by atoms with E-state index in [4.69, 9.17) is 16.3 Å². The molecular formula is C21H20BrClN2O4. The highest BCUT2D eigenvalue weighted by atomic mass is 79.9. The number of nitrogens with one attached hydrogen (secondary N) is 1. The minimum atomic E-state index is -0.620. The Labute approximate surface area is 182 Å². The van der Waals surface area contributed by atoms with Crippen molar-refractivity contribution in [3.8, 4) is 0 Å². The molecule has 1 fully saturated rings. The minimum absolute atomic E-state index is 0.0396. The van der Waals surface area contributed by atoms with Gasteiger partial charge in [0.1, 0.15) is 0 Å². The van der Waals surface area contributed by atoms with Gasteiger partial charge in [0.25, 0.3) is 5.91 Å². The summed E-state index contributed by atoms with van der Waals surface area (Å²) in [6.45, 7) is 3.56. The van der Waals surface area contributed by atoms with E-state index in [0.717, 1.165) is 15.6 Å². The van der Waals surface area contributed by atoms with Crippen molar-refractivity contribution in [2.24, 2.45) is 5.92 Å². The third-order valence-electron chi connectivity index (χ3n) is 4.69. The van der Waals surface area contributed by atoms with E-state index in [2.05, 4.69) is 21.2 Å². The maximum absolute atomic E-state index is 12.4. The molecule has 152 valence electrons. The number of nitrogens with zero attached hydrogens (tertiary/aromatic N) is 1. The highest BCUT2D eigenvalue weighted by Gasteiger charge is 2.36. The van der Waals surface area contributed by atoms with E-state index in [0.29, 0.717) is 16.4 Å². The average Bonchev–Trinajstić information content (AvgIpc) is 3.04. The van der Waals surface area contributed by atoms with Gasteiger partial charge in [-0.25, -0.2) is 0 Å². The lowest BCUT2D eigenvalue weighted by molar-refractivity contribution is -0.151. The van der Waals surface area contributed by atoms with Gasteiger partial charge in [0.05, 0.1) is 5.92 Å². The number of hydrogen-bond donors (Lipinski definition) is 1. The molecule has 6 nitrogen and oxygen atoms in total. The summed E-state index contributed by atoms with van der Waals surface area (Å²) in [5.41, 5.74) is 3.12. The van der Waals surface area contributed by atoms with Gasteiger partial charge in [-0.2, -0.15) is 0 Å². The summed E-state index contributed by atoms with van der Waals surface area (Å²) in [5.74, 6) is -1.80. The first-order valence-corrected chi connectivity index (χ1v) is 10.2. The van der Waals surface area contributed by atoms with E-state index in [1.54, 1.807) is 24.3 Å². The van der Waals surface area contributed by atoms with Crippen LogP contribution in [0.1, 0.15) is 17.5 Å². The van der Waals surface area contributed by atoms with Crippen molar-refractivity contribution in [1.82, 2.24) is 0 Å². The van der Waals surface area contributed by atoms with Gasteiger partial charge in [0.15, 0.2) is 6.61 Å². The molecule has 1 aliphatic rings. The first-order chi connectivity index (χ1) is 13.7. The molecular weight excluding hydrogens is 460 g/mol. The van der Waals surface area contributed by atoms with Gasteiger partial charge in [-0.3, -0.25) is 14.4 Å². The average molecular weight is 480 g/mol. The fraction of sp³-hybridized carbons (Fsp3) is 0.286. The standard InChI is InChI=1S/C21H20BrClN2O4/c1-12-6-15(22)7-13(2)20(12)24-18(26)11-29-21(28)14-8-19(27)25(10-14)17-5-3-4-16(23)9-17/h3-7,9,14H,8,10-11H2,1-2H3,(H,24,26). The number of carbonyl (C=O) groups excluding carboxylic acids is 3. The molecule has 1 N–H and O–H groups in total. The number of benzene rings is 2. The molecule has 0 bridgehead atoms. The summed E-state index contributed by atoms with van der Waals surface area (Å²) in [6.07, 6.45) is 0.0396. The van der Waals surface area contributed by atoms with Gasteiger partial charge in [-0.05, 0) is 55.3 Å². The Balaban J connectivity index is 1.56. The Kier molecular flexibility index (Phi) is 6.59. The number of anilines is 2. The number of hydrogen-bond acceptors (Lipinski definition) is 4. The van der Waals surface area contributed by atoms with Gasteiger partial charge >= 0.3 is 5.97 Å². The summed E-state index contributed by atoms with van der Waals surface area (Å²) < 4.78 is 6.08. The van der Waals surface area contributed by atoms with E-state index in [1.165, 1.54) is 4.90 Å². The number of amides is 2. The van der Waals surface area contributed by atoms with Crippen LogP contribution in [-0.2, 0) is 19.1 Å². The second-order valence-electron chi connectivity index (χ2n) is 6.96. The molecule has 0 spiro atoms. The van der Waals surface area contributed by atoms with Gasteiger partial charge in [0, 0.05) is 33.8 Å². The van der Waals surface area contributed by atoms with Gasteiger partial charge in [0.2, 0.25) is 5.91 Å². The number of aryl methyl sites for hydroxylation is 2. The van der Waals surface area contributed by atoms with Gasteiger partial charge in [-0.1, -0.05) is 33.6 Å². The molecule has 0 aliphatic carbocycles. The first-order valence-electron chi connectivity index (χ1n) is 9.03. The molecule has 1 unspecified atom stereocenters. The largest absolute Gasteiger partial charge is 0.455 e. The number of esters is 1. The summed E-state index contributed by atoms with van der Waals surface area (Å²) in [6, 6.07) is 10.7. The summed E-state index contributed by atoms with van der Waals surface area (Å²) in [4.78, 5) is 38.4. The van der Waals surface area contributed by atoms with Crippen molar-refractivity contribution in [3.05, 3.63) is 57.0 Å². The predicted octanol–water partition coefficient (Wildman–Crippen LogP) is 4.25. The van der Waals surface area contributed by atoms with E-state index in [9.17, 15) is 14.4 Å². The van der Waals surface area contributed by atoms with Crippen molar-refractivity contribution in [2.45, 2.75) is 20.3 Å². The van der Waals surface area contributed by atoms with Crippen LogP contribution in [-0.4, -0.2) is 30.9 Å². The molecule has 0 saturated carbocycles. The Morgan fingerprint density at radius 3 is 2.59 bits per heavy atom. The molecule has 0 aromatic heterocycles. The molecule has 0 radical (unpaired) electrons. The fourth-order valence-electron chi connectivity index (χ4n) is 3.30. The van der Waals surface area contributed by atoms with Gasteiger partial charge in [-0.15, -0.1) is 0 Å². The zero-order chi connectivity index (χ0) is 21.1. The summed E-state index contributed by atoms with van der Waals surface area (Å²) in [5, 5.41) is 3.28. The molecule has 2 aromatic carbocycles. The normalized spacial score (nSPS) is 16.1. The highest BCUT2D eigenvalue weighted by Crippen LogP contribution is 2.28. The molecule has 1 atom stereocenters. The van der Waals surface area contributed by atoms with Crippen molar-refractivity contribution in [2.75, 3.05) is 23.4 Å². The number of carbonyl (C=O) groups is 3. The SMILES string of the molecule is Cc1cc(Br)cc(C)c1NC(=O)COC(=O)C1CC(=O)N(c2cccc(Cl)c2)C1. The van der Waals surface area contributed by atoms with Crippen LogP contribution in [0.3, 0.4) is 0 Å². The van der Waals surface area contributed by atoms with E-state index in [1.807, 2.05) is 26.0 Å². The van der Waals surface area contributed by atoms with Crippen molar-refractivity contribution < 1.29 is 19.1 Å². The smallest absolute Gasteiger partial charge is 0.311 e. The third-order valence-corrected chi connectivity index (χ3v) is 5.38. The first kappa shape index (κ1) is 21.3. The lowest BCUT2D eigenvalue weighted by atomic mass is 10.1. The fourth-order valence-corrected chi connectivity index (χ4v) is 4.17. The van der Waals surface area contributed by atoms with Crippen LogP contribution in [0.4, 0.5) is 11.4 Å². The Bertz CT molecular complexity index is 956.